The summed E-state index contributed by atoms with van der Waals surface area (Å²) in [5.74, 6) is -0.663. The van der Waals surface area contributed by atoms with Gasteiger partial charge < -0.3 is 10.6 Å². The number of Topliss-reactive ketones (excluding diaryl/α,β-unsaturated/α-hetero) is 1. The SMILES string of the molecule is CC(=O)c1cccc(Nc2nccc(C(=O)NCc3ccccc3F)n2)c1. The summed E-state index contributed by atoms with van der Waals surface area (Å²) >= 11 is 0. The van der Waals surface area contributed by atoms with Gasteiger partial charge in [0.2, 0.25) is 5.95 Å². The molecule has 1 heterocycles. The summed E-state index contributed by atoms with van der Waals surface area (Å²) in [6.07, 6.45) is 1.45. The van der Waals surface area contributed by atoms with E-state index in [0.29, 0.717) is 16.8 Å². The standard InChI is InChI=1S/C20H17FN4O2/c1-13(26)14-6-4-7-16(11-14)24-20-22-10-9-18(25-20)19(27)23-12-15-5-2-3-8-17(15)21/h2-11H,12H2,1H3,(H,23,27)(H,22,24,25). The fraction of sp³-hybridized carbons (Fsp3) is 0.100. The maximum Gasteiger partial charge on any atom is 0.270 e. The van der Waals surface area contributed by atoms with E-state index in [9.17, 15) is 14.0 Å². The maximum absolute atomic E-state index is 13.6. The third-order valence-corrected chi connectivity index (χ3v) is 3.81. The molecule has 0 aliphatic rings. The van der Waals surface area contributed by atoms with E-state index in [0.717, 1.165) is 0 Å². The number of halogens is 1. The molecule has 2 aromatic carbocycles. The first-order chi connectivity index (χ1) is 13.0. The van der Waals surface area contributed by atoms with Crippen LogP contribution in [0.4, 0.5) is 16.0 Å². The Morgan fingerprint density at radius 3 is 2.67 bits per heavy atom. The molecule has 0 saturated heterocycles. The van der Waals surface area contributed by atoms with Crippen LogP contribution < -0.4 is 10.6 Å². The summed E-state index contributed by atoms with van der Waals surface area (Å²) < 4.78 is 13.6. The zero-order valence-electron chi connectivity index (χ0n) is 14.6. The highest BCUT2D eigenvalue weighted by Crippen LogP contribution is 2.15. The zero-order valence-corrected chi connectivity index (χ0v) is 14.6. The minimum absolute atomic E-state index is 0.0545. The number of amides is 1. The fourth-order valence-electron chi connectivity index (χ4n) is 2.40. The Labute approximate surface area is 155 Å². The largest absolute Gasteiger partial charge is 0.347 e. The number of carbonyl (C=O) groups is 2. The van der Waals surface area contributed by atoms with Gasteiger partial charge in [0.15, 0.2) is 5.78 Å². The molecule has 1 amide bonds. The van der Waals surface area contributed by atoms with E-state index in [1.807, 2.05) is 0 Å². The lowest BCUT2D eigenvalue weighted by molar-refractivity contribution is 0.0944. The molecule has 3 aromatic rings. The van der Waals surface area contributed by atoms with Gasteiger partial charge in [-0.15, -0.1) is 0 Å². The topological polar surface area (TPSA) is 84.0 Å². The number of nitrogens with zero attached hydrogens (tertiary/aromatic N) is 2. The summed E-state index contributed by atoms with van der Waals surface area (Å²) in [6.45, 7) is 1.54. The van der Waals surface area contributed by atoms with E-state index in [2.05, 4.69) is 20.6 Å². The third-order valence-electron chi connectivity index (χ3n) is 3.81. The molecule has 0 unspecified atom stereocenters. The van der Waals surface area contributed by atoms with Crippen LogP contribution in [0.2, 0.25) is 0 Å². The number of benzene rings is 2. The zero-order chi connectivity index (χ0) is 19.2. The van der Waals surface area contributed by atoms with Crippen molar-refractivity contribution in [1.29, 1.82) is 0 Å². The number of ketones is 1. The lowest BCUT2D eigenvalue weighted by Gasteiger charge is -2.08. The van der Waals surface area contributed by atoms with Gasteiger partial charge in [-0.05, 0) is 31.2 Å². The number of aromatic nitrogens is 2. The molecule has 0 bridgehead atoms. The number of anilines is 2. The number of nitrogens with one attached hydrogen (secondary N) is 2. The number of rotatable bonds is 6. The highest BCUT2D eigenvalue weighted by atomic mass is 19.1. The minimum atomic E-state index is -0.443. The van der Waals surface area contributed by atoms with Crippen LogP contribution in [-0.2, 0) is 6.54 Å². The van der Waals surface area contributed by atoms with E-state index in [-0.39, 0.29) is 29.8 Å². The Kier molecular flexibility index (Phi) is 5.51. The Bertz CT molecular complexity index is 991. The molecule has 136 valence electrons. The van der Waals surface area contributed by atoms with Gasteiger partial charge in [-0.1, -0.05) is 30.3 Å². The van der Waals surface area contributed by atoms with Crippen LogP contribution in [0.1, 0.15) is 33.3 Å². The first-order valence-electron chi connectivity index (χ1n) is 8.25. The summed E-state index contributed by atoms with van der Waals surface area (Å²) in [5.41, 5.74) is 1.72. The summed E-state index contributed by atoms with van der Waals surface area (Å²) in [5, 5.41) is 5.59. The Balaban J connectivity index is 1.69. The lowest BCUT2D eigenvalue weighted by Crippen LogP contribution is -2.24. The first-order valence-corrected chi connectivity index (χ1v) is 8.25. The second kappa shape index (κ2) is 8.18. The molecule has 0 aliphatic carbocycles. The van der Waals surface area contributed by atoms with Crippen molar-refractivity contribution in [2.45, 2.75) is 13.5 Å². The van der Waals surface area contributed by atoms with Gasteiger partial charge in [0.05, 0.1) is 0 Å². The molecule has 0 atom stereocenters. The van der Waals surface area contributed by atoms with Crippen molar-refractivity contribution < 1.29 is 14.0 Å². The van der Waals surface area contributed by atoms with Crippen LogP contribution in [0.25, 0.3) is 0 Å². The van der Waals surface area contributed by atoms with Crippen LogP contribution in [0.15, 0.2) is 60.8 Å². The summed E-state index contributed by atoms with van der Waals surface area (Å²) in [7, 11) is 0. The normalized spacial score (nSPS) is 10.3. The van der Waals surface area contributed by atoms with Crippen LogP contribution >= 0.6 is 0 Å². The molecule has 0 spiro atoms. The molecular weight excluding hydrogens is 347 g/mol. The van der Waals surface area contributed by atoms with Crippen LogP contribution in [0, 0.1) is 5.82 Å². The van der Waals surface area contributed by atoms with Crippen LogP contribution in [0.5, 0.6) is 0 Å². The summed E-state index contributed by atoms with van der Waals surface area (Å²) in [6, 6.07) is 14.6. The van der Waals surface area contributed by atoms with Crippen molar-refractivity contribution in [1.82, 2.24) is 15.3 Å². The average Bonchev–Trinajstić information content (AvgIpc) is 2.67. The highest BCUT2D eigenvalue weighted by molar-refractivity contribution is 5.95. The highest BCUT2D eigenvalue weighted by Gasteiger charge is 2.10. The smallest absolute Gasteiger partial charge is 0.270 e. The van der Waals surface area contributed by atoms with Crippen molar-refractivity contribution in [3.8, 4) is 0 Å². The van der Waals surface area contributed by atoms with E-state index in [1.165, 1.54) is 25.3 Å². The molecule has 0 fully saturated rings. The van der Waals surface area contributed by atoms with Crippen molar-refractivity contribution >= 4 is 23.3 Å². The quantitative estimate of drug-likeness (QED) is 0.654. The van der Waals surface area contributed by atoms with Gasteiger partial charge in [-0.2, -0.15) is 0 Å². The van der Waals surface area contributed by atoms with E-state index < -0.39 is 5.91 Å². The molecule has 0 aliphatic heterocycles. The molecule has 6 nitrogen and oxygen atoms in total. The van der Waals surface area contributed by atoms with E-state index in [1.54, 1.807) is 42.5 Å². The number of hydrogen-bond acceptors (Lipinski definition) is 5. The van der Waals surface area contributed by atoms with Gasteiger partial charge in [0, 0.05) is 29.6 Å². The van der Waals surface area contributed by atoms with E-state index in [4.69, 9.17) is 0 Å². The Morgan fingerprint density at radius 2 is 1.89 bits per heavy atom. The number of hydrogen-bond donors (Lipinski definition) is 2. The van der Waals surface area contributed by atoms with Crippen LogP contribution in [-0.4, -0.2) is 21.7 Å². The first kappa shape index (κ1) is 18.2. The molecule has 1 aromatic heterocycles. The fourth-order valence-corrected chi connectivity index (χ4v) is 2.40. The molecule has 3 rings (SSSR count). The Hall–Kier alpha value is -3.61. The molecule has 2 N–H and O–H groups in total. The second-order valence-electron chi connectivity index (χ2n) is 5.80. The van der Waals surface area contributed by atoms with Crippen LogP contribution in [0.3, 0.4) is 0 Å². The monoisotopic (exact) mass is 364 g/mol. The lowest BCUT2D eigenvalue weighted by atomic mass is 10.1. The third kappa shape index (κ3) is 4.72. The number of carbonyl (C=O) groups excluding carboxylic acids is 2. The average molecular weight is 364 g/mol. The molecule has 27 heavy (non-hydrogen) atoms. The van der Waals surface area contributed by atoms with Crippen molar-refractivity contribution in [3.63, 3.8) is 0 Å². The molecule has 0 saturated carbocycles. The van der Waals surface area contributed by atoms with Gasteiger partial charge in [-0.3, -0.25) is 9.59 Å². The van der Waals surface area contributed by atoms with Crippen molar-refractivity contribution in [2.75, 3.05) is 5.32 Å². The summed E-state index contributed by atoms with van der Waals surface area (Å²) in [4.78, 5) is 32.0. The predicted octanol–water partition coefficient (Wildman–Crippen LogP) is 3.49. The molecule has 0 radical (unpaired) electrons. The van der Waals surface area contributed by atoms with Gasteiger partial charge >= 0.3 is 0 Å². The van der Waals surface area contributed by atoms with Gasteiger partial charge in [0.25, 0.3) is 5.91 Å². The van der Waals surface area contributed by atoms with Gasteiger partial charge in [-0.25, -0.2) is 14.4 Å². The van der Waals surface area contributed by atoms with Crippen molar-refractivity contribution in [3.05, 3.63) is 83.4 Å². The minimum Gasteiger partial charge on any atom is -0.347 e. The second-order valence-corrected chi connectivity index (χ2v) is 5.80. The van der Waals surface area contributed by atoms with Gasteiger partial charge in [0.1, 0.15) is 11.5 Å². The van der Waals surface area contributed by atoms with E-state index >= 15 is 0 Å². The molecule has 7 heteroatoms. The van der Waals surface area contributed by atoms with Crippen molar-refractivity contribution in [2.24, 2.45) is 0 Å². The molecular formula is C20H17FN4O2. The Morgan fingerprint density at radius 1 is 1.07 bits per heavy atom. The predicted molar refractivity (Wildman–Crippen MR) is 99.3 cm³/mol. The maximum atomic E-state index is 13.6.